The maximum Gasteiger partial charge on any atom is 0.0519 e. The molecule has 0 bridgehead atoms. The van der Waals surface area contributed by atoms with Crippen LogP contribution in [0.3, 0.4) is 0 Å². The van der Waals surface area contributed by atoms with E-state index < -0.39 is 0 Å². The Morgan fingerprint density at radius 3 is 3.08 bits per heavy atom. The predicted molar refractivity (Wildman–Crippen MR) is 60.0 cm³/mol. The number of hydrogen-bond donors (Lipinski definition) is 0. The molecule has 0 spiro atoms. The van der Waals surface area contributed by atoms with E-state index in [1.54, 1.807) is 0 Å². The Balaban J connectivity index is 2.45. The quantitative estimate of drug-likeness (QED) is 0.651. The normalized spacial score (nSPS) is 21.5. The Bertz CT molecular complexity index is 327. The molecule has 0 radical (unpaired) electrons. The number of fused-ring (bicyclic) bond motifs is 1. The zero-order valence-corrected chi connectivity index (χ0v) is 9.32. The number of halogens is 1. The molecule has 0 saturated heterocycles. The molecular formula is C10H12ClNS. The smallest absolute Gasteiger partial charge is 0.0519 e. The molecule has 1 heterocycles. The van der Waals surface area contributed by atoms with Crippen molar-refractivity contribution in [3.8, 4) is 0 Å². The average molecular weight is 214 g/mol. The van der Waals surface area contributed by atoms with E-state index in [9.17, 15) is 0 Å². The molecule has 0 N–H and O–H groups in total. The summed E-state index contributed by atoms with van der Waals surface area (Å²) in [6, 6.07) is 6.69. The number of nitrogens with zero attached hydrogens (tertiary/aromatic N) is 1. The molecule has 1 aliphatic rings. The van der Waals surface area contributed by atoms with E-state index in [-0.39, 0.29) is 0 Å². The lowest BCUT2D eigenvalue weighted by molar-refractivity contribution is 0.748. The fraction of sp³-hybridized carbons (Fsp3) is 0.400. The van der Waals surface area contributed by atoms with Crippen LogP contribution < -0.4 is 4.90 Å². The largest absolute Gasteiger partial charge is 0.370 e. The average Bonchev–Trinajstić information content (AvgIpc) is 2.12. The van der Waals surface area contributed by atoms with Crippen LogP contribution in [-0.2, 0) is 0 Å². The second-order valence-corrected chi connectivity index (χ2v) is 4.88. The molecule has 13 heavy (non-hydrogen) atoms. The standard InChI is InChI=1S/C10H12ClNS/c1-7-6-13-10-4-3-8(11)5-9(10)12(7)2/h3-5,7H,6H2,1-2H3. The maximum absolute atomic E-state index is 5.95. The topological polar surface area (TPSA) is 3.24 Å². The van der Waals surface area contributed by atoms with Gasteiger partial charge in [0.2, 0.25) is 0 Å². The SMILES string of the molecule is CC1CSc2ccc(Cl)cc2N1C. The van der Waals surface area contributed by atoms with Crippen LogP contribution in [0.15, 0.2) is 23.1 Å². The van der Waals surface area contributed by atoms with Crippen LogP contribution in [-0.4, -0.2) is 18.8 Å². The van der Waals surface area contributed by atoms with Crippen LogP contribution in [0.1, 0.15) is 6.92 Å². The van der Waals surface area contributed by atoms with Crippen molar-refractivity contribution in [1.82, 2.24) is 0 Å². The van der Waals surface area contributed by atoms with Gasteiger partial charge in [-0.1, -0.05) is 11.6 Å². The Kier molecular flexibility index (Phi) is 2.43. The minimum absolute atomic E-state index is 0.593. The molecule has 1 aromatic carbocycles. The van der Waals surface area contributed by atoms with Crippen molar-refractivity contribution in [1.29, 1.82) is 0 Å². The van der Waals surface area contributed by atoms with Gasteiger partial charge in [-0.05, 0) is 25.1 Å². The summed E-state index contributed by atoms with van der Waals surface area (Å²) in [5.74, 6) is 1.16. The number of benzene rings is 1. The third-order valence-corrected chi connectivity index (χ3v) is 3.98. The molecule has 0 aliphatic carbocycles. The van der Waals surface area contributed by atoms with E-state index in [0.29, 0.717) is 6.04 Å². The lowest BCUT2D eigenvalue weighted by Crippen LogP contribution is -2.33. The molecule has 1 aromatic rings. The molecule has 1 nitrogen and oxygen atoms in total. The third kappa shape index (κ3) is 1.65. The molecule has 0 amide bonds. The van der Waals surface area contributed by atoms with Gasteiger partial charge in [0.1, 0.15) is 0 Å². The Labute approximate surface area is 88.1 Å². The van der Waals surface area contributed by atoms with Gasteiger partial charge < -0.3 is 4.90 Å². The van der Waals surface area contributed by atoms with Crippen molar-refractivity contribution in [2.75, 3.05) is 17.7 Å². The van der Waals surface area contributed by atoms with Crippen LogP contribution in [0.25, 0.3) is 0 Å². The van der Waals surface area contributed by atoms with E-state index >= 15 is 0 Å². The number of rotatable bonds is 0. The van der Waals surface area contributed by atoms with E-state index in [1.165, 1.54) is 10.6 Å². The summed E-state index contributed by atoms with van der Waals surface area (Å²) in [7, 11) is 2.12. The van der Waals surface area contributed by atoms with Gasteiger partial charge in [0, 0.05) is 28.8 Å². The van der Waals surface area contributed by atoms with Gasteiger partial charge in [-0.3, -0.25) is 0 Å². The minimum Gasteiger partial charge on any atom is -0.370 e. The van der Waals surface area contributed by atoms with Crippen molar-refractivity contribution in [2.24, 2.45) is 0 Å². The summed E-state index contributed by atoms with van der Waals surface area (Å²) in [4.78, 5) is 3.63. The monoisotopic (exact) mass is 213 g/mol. The second kappa shape index (κ2) is 3.43. The Morgan fingerprint density at radius 2 is 2.31 bits per heavy atom. The fourth-order valence-electron chi connectivity index (χ4n) is 1.45. The summed E-state index contributed by atoms with van der Waals surface area (Å²) in [5.41, 5.74) is 1.26. The summed E-state index contributed by atoms with van der Waals surface area (Å²) >= 11 is 7.86. The maximum atomic E-state index is 5.95. The molecule has 1 unspecified atom stereocenters. The van der Waals surface area contributed by atoms with Crippen LogP contribution in [0.5, 0.6) is 0 Å². The third-order valence-electron chi connectivity index (χ3n) is 2.44. The highest BCUT2D eigenvalue weighted by Crippen LogP contribution is 2.37. The first-order valence-electron chi connectivity index (χ1n) is 4.33. The lowest BCUT2D eigenvalue weighted by Gasteiger charge is -2.33. The zero-order chi connectivity index (χ0) is 9.42. The first-order valence-corrected chi connectivity index (χ1v) is 5.70. The van der Waals surface area contributed by atoms with Crippen LogP contribution >= 0.6 is 23.4 Å². The van der Waals surface area contributed by atoms with Gasteiger partial charge in [0.05, 0.1) is 5.69 Å². The van der Waals surface area contributed by atoms with E-state index in [2.05, 4.69) is 24.9 Å². The predicted octanol–water partition coefficient (Wildman–Crippen LogP) is 3.27. The number of hydrogen-bond acceptors (Lipinski definition) is 2. The van der Waals surface area contributed by atoms with Gasteiger partial charge in [0.15, 0.2) is 0 Å². The molecule has 2 rings (SSSR count). The molecule has 0 fully saturated rings. The summed E-state index contributed by atoms with van der Waals surface area (Å²) in [5, 5.41) is 0.820. The van der Waals surface area contributed by atoms with Crippen molar-refractivity contribution in [2.45, 2.75) is 17.9 Å². The number of thioether (sulfide) groups is 1. The van der Waals surface area contributed by atoms with Crippen LogP contribution in [0.4, 0.5) is 5.69 Å². The van der Waals surface area contributed by atoms with E-state index in [4.69, 9.17) is 11.6 Å². The fourth-order valence-corrected chi connectivity index (χ4v) is 2.77. The Morgan fingerprint density at radius 1 is 1.54 bits per heavy atom. The van der Waals surface area contributed by atoms with Crippen LogP contribution in [0.2, 0.25) is 5.02 Å². The molecule has 0 saturated carbocycles. The molecule has 0 aromatic heterocycles. The molecule has 70 valence electrons. The molecule has 1 aliphatic heterocycles. The van der Waals surface area contributed by atoms with Gasteiger partial charge in [-0.2, -0.15) is 0 Å². The molecule has 1 atom stereocenters. The van der Waals surface area contributed by atoms with E-state index in [1.807, 2.05) is 23.9 Å². The first-order chi connectivity index (χ1) is 6.18. The van der Waals surface area contributed by atoms with Crippen molar-refractivity contribution in [3.63, 3.8) is 0 Å². The van der Waals surface area contributed by atoms with Gasteiger partial charge in [0.25, 0.3) is 0 Å². The second-order valence-electron chi connectivity index (χ2n) is 3.38. The number of anilines is 1. The zero-order valence-electron chi connectivity index (χ0n) is 7.75. The molecule has 3 heteroatoms. The summed E-state index contributed by atoms with van der Waals surface area (Å²) in [6.07, 6.45) is 0. The van der Waals surface area contributed by atoms with Crippen molar-refractivity contribution in [3.05, 3.63) is 23.2 Å². The highest BCUT2D eigenvalue weighted by Gasteiger charge is 2.20. The van der Waals surface area contributed by atoms with Crippen molar-refractivity contribution >= 4 is 29.1 Å². The van der Waals surface area contributed by atoms with Gasteiger partial charge in [-0.15, -0.1) is 11.8 Å². The van der Waals surface area contributed by atoms with Crippen LogP contribution in [0, 0.1) is 0 Å². The Hall–Kier alpha value is -0.340. The lowest BCUT2D eigenvalue weighted by atomic mass is 10.2. The minimum atomic E-state index is 0.593. The summed E-state index contributed by atoms with van der Waals surface area (Å²) in [6.45, 7) is 2.23. The highest BCUT2D eigenvalue weighted by molar-refractivity contribution is 7.99. The van der Waals surface area contributed by atoms with Crippen molar-refractivity contribution < 1.29 is 0 Å². The molecular weight excluding hydrogens is 202 g/mol. The first kappa shape index (κ1) is 9.22. The van der Waals surface area contributed by atoms with Gasteiger partial charge >= 0.3 is 0 Å². The van der Waals surface area contributed by atoms with E-state index in [0.717, 1.165) is 10.8 Å². The van der Waals surface area contributed by atoms with Gasteiger partial charge in [-0.25, -0.2) is 0 Å². The highest BCUT2D eigenvalue weighted by atomic mass is 35.5. The summed E-state index contributed by atoms with van der Waals surface area (Å²) < 4.78 is 0.